The van der Waals surface area contributed by atoms with Gasteiger partial charge in [-0.25, -0.2) is 0 Å². The second kappa shape index (κ2) is 4.52. The Balaban J connectivity index is 2.11. The van der Waals surface area contributed by atoms with Crippen molar-refractivity contribution >= 4 is 0 Å². The van der Waals surface area contributed by atoms with Crippen LogP contribution >= 0.6 is 0 Å². The normalized spacial score (nSPS) is 30.3. The molecule has 1 aliphatic carbocycles. The molecule has 3 nitrogen and oxygen atoms in total. The zero-order chi connectivity index (χ0) is 11.6. The first-order valence-electron chi connectivity index (χ1n) is 5.97. The summed E-state index contributed by atoms with van der Waals surface area (Å²) in [6.45, 7) is 1.96. The Bertz CT molecular complexity index is 339. The SMILES string of the molecule is CNC1CCC(O)(c2ccc(C)nc2)CC1. The number of nitrogens with one attached hydrogen (secondary N) is 1. The van der Waals surface area contributed by atoms with Crippen molar-refractivity contribution < 1.29 is 5.11 Å². The van der Waals surface area contributed by atoms with Crippen LogP contribution in [0.2, 0.25) is 0 Å². The van der Waals surface area contributed by atoms with E-state index < -0.39 is 5.60 Å². The van der Waals surface area contributed by atoms with E-state index >= 15 is 0 Å². The van der Waals surface area contributed by atoms with Crippen LogP contribution in [-0.4, -0.2) is 23.2 Å². The summed E-state index contributed by atoms with van der Waals surface area (Å²) in [5.74, 6) is 0. The first-order valence-corrected chi connectivity index (χ1v) is 5.97. The van der Waals surface area contributed by atoms with E-state index in [2.05, 4.69) is 10.3 Å². The quantitative estimate of drug-likeness (QED) is 0.798. The fraction of sp³-hybridized carbons (Fsp3) is 0.615. The molecule has 1 fully saturated rings. The molecule has 0 radical (unpaired) electrons. The zero-order valence-electron chi connectivity index (χ0n) is 10.0. The fourth-order valence-electron chi connectivity index (χ4n) is 2.42. The summed E-state index contributed by atoms with van der Waals surface area (Å²) < 4.78 is 0. The highest BCUT2D eigenvalue weighted by Crippen LogP contribution is 2.36. The maximum absolute atomic E-state index is 10.6. The first kappa shape index (κ1) is 11.6. The summed E-state index contributed by atoms with van der Waals surface area (Å²) in [6, 6.07) is 4.53. The zero-order valence-corrected chi connectivity index (χ0v) is 10.0. The van der Waals surface area contributed by atoms with Crippen molar-refractivity contribution in [2.24, 2.45) is 0 Å². The molecule has 0 aliphatic heterocycles. The van der Waals surface area contributed by atoms with E-state index in [1.165, 1.54) is 0 Å². The van der Waals surface area contributed by atoms with E-state index in [-0.39, 0.29) is 0 Å². The van der Waals surface area contributed by atoms with Crippen molar-refractivity contribution in [2.45, 2.75) is 44.2 Å². The Morgan fingerprint density at radius 2 is 2.06 bits per heavy atom. The maximum atomic E-state index is 10.6. The Morgan fingerprint density at radius 3 is 2.56 bits per heavy atom. The van der Waals surface area contributed by atoms with Crippen LogP contribution < -0.4 is 5.32 Å². The van der Waals surface area contributed by atoms with Crippen LogP contribution in [0.5, 0.6) is 0 Å². The number of rotatable bonds is 2. The third-order valence-electron chi connectivity index (χ3n) is 3.67. The standard InChI is InChI=1S/C13H20N2O/c1-10-3-4-11(9-15-10)13(16)7-5-12(14-2)6-8-13/h3-4,9,12,14,16H,5-8H2,1-2H3. The van der Waals surface area contributed by atoms with Crippen LogP contribution in [0.15, 0.2) is 18.3 Å². The molecule has 1 aromatic rings. The van der Waals surface area contributed by atoms with Gasteiger partial charge in [0.25, 0.3) is 0 Å². The van der Waals surface area contributed by atoms with Gasteiger partial charge in [0.15, 0.2) is 0 Å². The van der Waals surface area contributed by atoms with Gasteiger partial charge in [0.1, 0.15) is 0 Å². The molecule has 0 bridgehead atoms. The molecule has 3 heteroatoms. The minimum absolute atomic E-state index is 0.554. The van der Waals surface area contributed by atoms with Crippen LogP contribution in [0, 0.1) is 6.92 Å². The van der Waals surface area contributed by atoms with Gasteiger partial charge in [-0.2, -0.15) is 0 Å². The first-order chi connectivity index (χ1) is 7.64. The van der Waals surface area contributed by atoms with Gasteiger partial charge < -0.3 is 10.4 Å². The van der Waals surface area contributed by atoms with Gasteiger partial charge in [-0.1, -0.05) is 6.07 Å². The molecule has 1 saturated carbocycles. The molecule has 0 aromatic carbocycles. The molecule has 88 valence electrons. The number of hydrogen-bond acceptors (Lipinski definition) is 3. The number of hydrogen-bond donors (Lipinski definition) is 2. The molecule has 0 atom stereocenters. The second-order valence-electron chi connectivity index (χ2n) is 4.78. The van der Waals surface area contributed by atoms with Crippen molar-refractivity contribution in [3.05, 3.63) is 29.6 Å². The van der Waals surface area contributed by atoms with Gasteiger partial charge in [0.05, 0.1) is 5.60 Å². The summed E-state index contributed by atoms with van der Waals surface area (Å²) >= 11 is 0. The van der Waals surface area contributed by atoms with Crippen molar-refractivity contribution in [1.82, 2.24) is 10.3 Å². The minimum atomic E-state index is -0.659. The number of aryl methyl sites for hydroxylation is 1. The molecule has 16 heavy (non-hydrogen) atoms. The molecule has 0 amide bonds. The highest BCUT2D eigenvalue weighted by atomic mass is 16.3. The average molecular weight is 220 g/mol. The third kappa shape index (κ3) is 2.25. The van der Waals surface area contributed by atoms with E-state index in [1.54, 1.807) is 0 Å². The largest absolute Gasteiger partial charge is 0.385 e. The predicted octanol–water partition coefficient (Wildman–Crippen LogP) is 1.74. The summed E-state index contributed by atoms with van der Waals surface area (Å²) in [4.78, 5) is 4.26. The molecule has 0 saturated heterocycles. The van der Waals surface area contributed by atoms with Crippen LogP contribution in [0.25, 0.3) is 0 Å². The Kier molecular flexibility index (Phi) is 3.26. The summed E-state index contributed by atoms with van der Waals surface area (Å²) in [5, 5.41) is 13.9. The smallest absolute Gasteiger partial charge is 0.0912 e. The van der Waals surface area contributed by atoms with Gasteiger partial charge in [-0.3, -0.25) is 4.98 Å². The lowest BCUT2D eigenvalue weighted by Gasteiger charge is -2.36. The minimum Gasteiger partial charge on any atom is -0.385 e. The third-order valence-corrected chi connectivity index (χ3v) is 3.67. The predicted molar refractivity (Wildman–Crippen MR) is 64.2 cm³/mol. The van der Waals surface area contributed by atoms with Crippen molar-refractivity contribution in [1.29, 1.82) is 0 Å². The molecule has 1 heterocycles. The van der Waals surface area contributed by atoms with E-state index in [0.29, 0.717) is 6.04 Å². The monoisotopic (exact) mass is 220 g/mol. The molecular weight excluding hydrogens is 200 g/mol. The van der Waals surface area contributed by atoms with Crippen LogP contribution in [0.4, 0.5) is 0 Å². The molecule has 1 aromatic heterocycles. The average Bonchev–Trinajstić information content (AvgIpc) is 2.31. The molecule has 1 aliphatic rings. The molecule has 2 N–H and O–H groups in total. The fourth-order valence-corrected chi connectivity index (χ4v) is 2.42. The summed E-state index contributed by atoms with van der Waals surface area (Å²) in [7, 11) is 1.99. The second-order valence-corrected chi connectivity index (χ2v) is 4.78. The number of aliphatic hydroxyl groups is 1. The van der Waals surface area contributed by atoms with Gasteiger partial charge in [-0.15, -0.1) is 0 Å². The van der Waals surface area contributed by atoms with Crippen molar-refractivity contribution in [3.63, 3.8) is 0 Å². The van der Waals surface area contributed by atoms with E-state index in [0.717, 1.165) is 36.9 Å². The van der Waals surface area contributed by atoms with Gasteiger partial charge in [0.2, 0.25) is 0 Å². The maximum Gasteiger partial charge on any atom is 0.0912 e. The Morgan fingerprint density at radius 1 is 1.38 bits per heavy atom. The van der Waals surface area contributed by atoms with E-state index in [1.807, 2.05) is 32.3 Å². The summed E-state index contributed by atoms with van der Waals surface area (Å²) in [5.41, 5.74) is 1.30. The van der Waals surface area contributed by atoms with Gasteiger partial charge in [-0.05, 0) is 45.7 Å². The molecule has 2 rings (SSSR count). The molecule has 0 unspecified atom stereocenters. The lowest BCUT2D eigenvalue weighted by atomic mass is 9.78. The topological polar surface area (TPSA) is 45.1 Å². The van der Waals surface area contributed by atoms with Crippen LogP contribution in [0.1, 0.15) is 36.9 Å². The Labute approximate surface area is 96.9 Å². The summed E-state index contributed by atoms with van der Waals surface area (Å²) in [6.07, 6.45) is 5.52. The van der Waals surface area contributed by atoms with Gasteiger partial charge >= 0.3 is 0 Å². The van der Waals surface area contributed by atoms with E-state index in [9.17, 15) is 5.11 Å². The van der Waals surface area contributed by atoms with Crippen molar-refractivity contribution in [2.75, 3.05) is 7.05 Å². The highest BCUT2D eigenvalue weighted by molar-refractivity contribution is 5.21. The lowest BCUT2D eigenvalue weighted by Crippen LogP contribution is -2.38. The molecule has 0 spiro atoms. The van der Waals surface area contributed by atoms with Gasteiger partial charge in [0, 0.05) is 23.5 Å². The highest BCUT2D eigenvalue weighted by Gasteiger charge is 2.34. The number of pyridine rings is 1. The molecular formula is C13H20N2O. The lowest BCUT2D eigenvalue weighted by molar-refractivity contribution is -0.00792. The van der Waals surface area contributed by atoms with Crippen LogP contribution in [0.3, 0.4) is 0 Å². The number of nitrogens with zero attached hydrogens (tertiary/aromatic N) is 1. The number of aromatic nitrogens is 1. The Hall–Kier alpha value is -0.930. The van der Waals surface area contributed by atoms with Crippen LogP contribution in [-0.2, 0) is 5.60 Å². The van der Waals surface area contributed by atoms with Crippen molar-refractivity contribution in [3.8, 4) is 0 Å². The van der Waals surface area contributed by atoms with E-state index in [4.69, 9.17) is 0 Å².